The molecule has 1 amide bonds. The van der Waals surface area contributed by atoms with E-state index in [0.29, 0.717) is 30.6 Å². The molecule has 0 bridgehead atoms. The monoisotopic (exact) mass is 382 g/mol. The maximum absolute atomic E-state index is 12.3. The number of ether oxygens (including phenoxy) is 1. The second kappa shape index (κ2) is 9.66. The fourth-order valence-electron chi connectivity index (χ4n) is 3.34. The van der Waals surface area contributed by atoms with E-state index in [1.165, 1.54) is 0 Å². The molecule has 0 saturated carbocycles. The van der Waals surface area contributed by atoms with Crippen molar-refractivity contribution in [1.82, 2.24) is 15.2 Å². The molecule has 1 fully saturated rings. The zero-order chi connectivity index (χ0) is 19.9. The highest BCUT2D eigenvalue weighted by Gasteiger charge is 2.16. The summed E-state index contributed by atoms with van der Waals surface area (Å²) in [6.07, 6.45) is 5.14. The van der Waals surface area contributed by atoms with Gasteiger partial charge in [-0.3, -0.25) is 4.79 Å². The van der Waals surface area contributed by atoms with Crippen LogP contribution < -0.4 is 11.1 Å². The second-order valence-corrected chi connectivity index (χ2v) is 7.49. The first-order chi connectivity index (χ1) is 13.5. The molecule has 1 saturated heterocycles. The van der Waals surface area contributed by atoms with Crippen LogP contribution in [0.1, 0.15) is 35.2 Å². The number of rotatable bonds is 7. The molecule has 1 aromatic heterocycles. The van der Waals surface area contributed by atoms with Crippen LogP contribution in [-0.4, -0.2) is 55.2 Å². The molecule has 1 aliphatic heterocycles. The van der Waals surface area contributed by atoms with Gasteiger partial charge in [-0.2, -0.15) is 0 Å². The van der Waals surface area contributed by atoms with Gasteiger partial charge in [-0.05, 0) is 62.6 Å². The quantitative estimate of drug-likeness (QED) is 0.720. The molecule has 0 radical (unpaired) electrons. The number of aryl methyl sites for hydroxylation is 1. The minimum Gasteiger partial charge on any atom is -0.383 e. The number of carbonyl (C=O) groups excluding carboxylic acids is 1. The van der Waals surface area contributed by atoms with Gasteiger partial charge in [0.05, 0.1) is 6.10 Å². The van der Waals surface area contributed by atoms with Crippen molar-refractivity contribution in [3.05, 3.63) is 47.7 Å². The van der Waals surface area contributed by atoms with E-state index in [0.717, 1.165) is 49.0 Å². The summed E-state index contributed by atoms with van der Waals surface area (Å²) in [6.45, 7) is 5.45. The number of amides is 1. The molecule has 3 N–H and O–H groups in total. The van der Waals surface area contributed by atoms with Crippen LogP contribution in [0.25, 0.3) is 11.1 Å². The van der Waals surface area contributed by atoms with Crippen molar-refractivity contribution in [3.63, 3.8) is 0 Å². The maximum Gasteiger partial charge on any atom is 0.251 e. The third kappa shape index (κ3) is 5.53. The number of nitrogens with two attached hydrogens (primary N) is 1. The average molecular weight is 383 g/mol. The molecule has 0 atom stereocenters. The Bertz CT molecular complexity index is 784. The number of hydrogen-bond donors (Lipinski definition) is 2. The molecule has 3 rings (SSSR count). The van der Waals surface area contributed by atoms with Crippen LogP contribution >= 0.6 is 0 Å². The van der Waals surface area contributed by atoms with Crippen molar-refractivity contribution in [2.75, 3.05) is 39.0 Å². The highest BCUT2D eigenvalue weighted by Crippen LogP contribution is 2.22. The molecule has 0 spiro atoms. The summed E-state index contributed by atoms with van der Waals surface area (Å²) in [5, 5.41) is 2.96. The standard InChI is InChI=1S/C22H30N4O2/c1-16-14-19(15-25-21(16)23)17-4-6-18(7-5-17)22(27)24-10-3-13-28-20-8-11-26(2)12-9-20/h4-7,14-15,20H,3,8-13H2,1-2H3,(H2,23,25)(H,24,27). The lowest BCUT2D eigenvalue weighted by atomic mass is 10.0. The summed E-state index contributed by atoms with van der Waals surface area (Å²) in [5.74, 6) is 0.483. The van der Waals surface area contributed by atoms with E-state index >= 15 is 0 Å². The first-order valence-electron chi connectivity index (χ1n) is 9.94. The fraction of sp³-hybridized carbons (Fsp3) is 0.455. The Morgan fingerprint density at radius 3 is 2.64 bits per heavy atom. The molecule has 0 aliphatic carbocycles. The Kier molecular flexibility index (Phi) is 7.01. The number of nitrogens with zero attached hydrogens (tertiary/aromatic N) is 2. The molecule has 1 aromatic carbocycles. The number of benzene rings is 1. The SMILES string of the molecule is Cc1cc(-c2ccc(C(=O)NCCCOC3CCN(C)CC3)cc2)cnc1N. The minimum absolute atomic E-state index is 0.0579. The van der Waals surface area contributed by atoms with Gasteiger partial charge in [0, 0.05) is 43.6 Å². The number of piperidine rings is 1. The Morgan fingerprint density at radius 1 is 1.25 bits per heavy atom. The third-order valence-electron chi connectivity index (χ3n) is 5.22. The van der Waals surface area contributed by atoms with E-state index in [-0.39, 0.29) is 5.91 Å². The number of carbonyl (C=O) groups is 1. The summed E-state index contributed by atoms with van der Waals surface area (Å²) in [4.78, 5) is 18.8. The maximum atomic E-state index is 12.3. The van der Waals surface area contributed by atoms with Crippen molar-refractivity contribution in [2.45, 2.75) is 32.3 Å². The summed E-state index contributed by atoms with van der Waals surface area (Å²) in [6, 6.07) is 9.55. The highest BCUT2D eigenvalue weighted by molar-refractivity contribution is 5.94. The highest BCUT2D eigenvalue weighted by atomic mass is 16.5. The van der Waals surface area contributed by atoms with Crippen molar-refractivity contribution >= 4 is 11.7 Å². The molecular weight excluding hydrogens is 352 g/mol. The normalized spacial score (nSPS) is 15.5. The van der Waals surface area contributed by atoms with E-state index in [2.05, 4.69) is 22.2 Å². The lowest BCUT2D eigenvalue weighted by Crippen LogP contribution is -2.34. The van der Waals surface area contributed by atoms with Gasteiger partial charge in [0.25, 0.3) is 5.91 Å². The largest absolute Gasteiger partial charge is 0.383 e. The van der Waals surface area contributed by atoms with E-state index in [1.807, 2.05) is 37.3 Å². The number of hydrogen-bond acceptors (Lipinski definition) is 5. The predicted octanol–water partition coefficient (Wildman–Crippen LogP) is 2.87. The Hall–Kier alpha value is -2.44. The fourth-order valence-corrected chi connectivity index (χ4v) is 3.34. The van der Waals surface area contributed by atoms with Gasteiger partial charge in [0.15, 0.2) is 0 Å². The van der Waals surface area contributed by atoms with Gasteiger partial charge in [0.2, 0.25) is 0 Å². The van der Waals surface area contributed by atoms with Crippen molar-refractivity contribution in [1.29, 1.82) is 0 Å². The molecule has 6 nitrogen and oxygen atoms in total. The van der Waals surface area contributed by atoms with Crippen LogP contribution in [0.3, 0.4) is 0 Å². The van der Waals surface area contributed by atoms with Gasteiger partial charge < -0.3 is 20.7 Å². The van der Waals surface area contributed by atoms with Crippen LogP contribution in [0.4, 0.5) is 5.82 Å². The second-order valence-electron chi connectivity index (χ2n) is 7.49. The van der Waals surface area contributed by atoms with Crippen LogP contribution in [0, 0.1) is 6.92 Å². The molecule has 2 heterocycles. The van der Waals surface area contributed by atoms with Gasteiger partial charge in [-0.25, -0.2) is 4.98 Å². The summed E-state index contributed by atoms with van der Waals surface area (Å²) in [5.41, 5.74) is 9.37. The first-order valence-corrected chi connectivity index (χ1v) is 9.94. The Morgan fingerprint density at radius 2 is 1.96 bits per heavy atom. The van der Waals surface area contributed by atoms with Gasteiger partial charge in [-0.15, -0.1) is 0 Å². The zero-order valence-electron chi connectivity index (χ0n) is 16.8. The van der Waals surface area contributed by atoms with E-state index < -0.39 is 0 Å². The summed E-state index contributed by atoms with van der Waals surface area (Å²) in [7, 11) is 2.14. The first kappa shape index (κ1) is 20.3. The number of nitrogen functional groups attached to an aromatic ring is 1. The smallest absolute Gasteiger partial charge is 0.251 e. The number of aromatic nitrogens is 1. The summed E-state index contributed by atoms with van der Waals surface area (Å²) >= 11 is 0. The molecule has 150 valence electrons. The minimum atomic E-state index is -0.0579. The average Bonchev–Trinajstić information content (AvgIpc) is 2.71. The number of anilines is 1. The molecular formula is C22H30N4O2. The van der Waals surface area contributed by atoms with Gasteiger partial charge in [0.1, 0.15) is 5.82 Å². The predicted molar refractivity (Wildman–Crippen MR) is 112 cm³/mol. The topological polar surface area (TPSA) is 80.5 Å². The van der Waals surface area contributed by atoms with Crippen LogP contribution in [0.15, 0.2) is 36.5 Å². The Labute approximate surface area is 167 Å². The van der Waals surface area contributed by atoms with Crippen LogP contribution in [0.2, 0.25) is 0 Å². The molecule has 1 aliphatic rings. The molecule has 6 heteroatoms. The number of pyridine rings is 1. The van der Waals surface area contributed by atoms with Crippen LogP contribution in [-0.2, 0) is 4.74 Å². The molecule has 2 aromatic rings. The number of nitrogens with one attached hydrogen (secondary N) is 1. The van der Waals surface area contributed by atoms with Crippen LogP contribution in [0.5, 0.6) is 0 Å². The third-order valence-corrected chi connectivity index (χ3v) is 5.22. The lowest BCUT2D eigenvalue weighted by molar-refractivity contribution is 0.0117. The lowest BCUT2D eigenvalue weighted by Gasteiger charge is -2.28. The van der Waals surface area contributed by atoms with E-state index in [4.69, 9.17) is 10.5 Å². The zero-order valence-corrected chi connectivity index (χ0v) is 16.8. The van der Waals surface area contributed by atoms with Crippen molar-refractivity contribution < 1.29 is 9.53 Å². The van der Waals surface area contributed by atoms with Crippen molar-refractivity contribution in [3.8, 4) is 11.1 Å². The van der Waals surface area contributed by atoms with Crippen molar-refractivity contribution in [2.24, 2.45) is 0 Å². The summed E-state index contributed by atoms with van der Waals surface area (Å²) < 4.78 is 5.91. The van der Waals surface area contributed by atoms with E-state index in [1.54, 1.807) is 6.20 Å². The van der Waals surface area contributed by atoms with E-state index in [9.17, 15) is 4.79 Å². The molecule has 0 unspecified atom stereocenters. The number of likely N-dealkylation sites (tertiary alicyclic amines) is 1. The Balaban J connectivity index is 1.41. The van der Waals surface area contributed by atoms with Gasteiger partial charge in [-0.1, -0.05) is 12.1 Å². The van der Waals surface area contributed by atoms with Gasteiger partial charge >= 0.3 is 0 Å². The molecule has 28 heavy (non-hydrogen) atoms.